The molecule has 0 radical (unpaired) electrons. The Labute approximate surface area is 208 Å². The van der Waals surface area contributed by atoms with Crippen LogP contribution in [0.5, 0.6) is 0 Å². The molecule has 2 aliphatic heterocycles. The van der Waals surface area contributed by atoms with Crippen molar-refractivity contribution in [3.8, 4) is 0 Å². The maximum Gasteiger partial charge on any atom is 0.244 e. The standard InChI is InChI=1S/C24H35N5O2.HI/c1-2-25-24(27-21-12-14-29(17-21)23(31)19-8-4-5-9-19)26-15-22(30)28-13-11-18-7-3-6-10-20(18)16-28;/h3,6-7,10,19,21H,2,4-5,8-9,11-17H2,1H3,(H2,25,26,27);1H. The summed E-state index contributed by atoms with van der Waals surface area (Å²) < 4.78 is 0. The van der Waals surface area contributed by atoms with E-state index in [-0.39, 0.29) is 48.4 Å². The maximum atomic E-state index is 12.8. The van der Waals surface area contributed by atoms with Crippen LogP contribution in [0.2, 0.25) is 0 Å². The van der Waals surface area contributed by atoms with Crippen molar-refractivity contribution in [2.24, 2.45) is 10.9 Å². The number of fused-ring (bicyclic) bond motifs is 1. The van der Waals surface area contributed by atoms with Crippen molar-refractivity contribution in [3.63, 3.8) is 0 Å². The Morgan fingerprint density at radius 2 is 1.81 bits per heavy atom. The molecule has 2 N–H and O–H groups in total. The van der Waals surface area contributed by atoms with E-state index < -0.39 is 0 Å². The third kappa shape index (κ3) is 6.14. The Kier molecular flexibility index (Phi) is 9.19. The molecule has 2 heterocycles. The smallest absolute Gasteiger partial charge is 0.244 e. The Morgan fingerprint density at radius 1 is 1.06 bits per heavy atom. The SMILES string of the molecule is CCNC(=NCC(=O)N1CCc2ccccc2C1)NC1CCN(C(=O)C2CCCC2)C1.I. The molecule has 1 aromatic rings. The molecule has 0 spiro atoms. The molecule has 176 valence electrons. The van der Waals surface area contributed by atoms with Gasteiger partial charge in [-0.15, -0.1) is 24.0 Å². The lowest BCUT2D eigenvalue weighted by molar-refractivity contribution is -0.134. The van der Waals surface area contributed by atoms with Crippen LogP contribution < -0.4 is 10.6 Å². The summed E-state index contributed by atoms with van der Waals surface area (Å²) in [5, 5.41) is 6.69. The van der Waals surface area contributed by atoms with E-state index in [0.29, 0.717) is 18.4 Å². The van der Waals surface area contributed by atoms with E-state index in [4.69, 9.17) is 0 Å². The minimum atomic E-state index is 0. The van der Waals surface area contributed by atoms with Gasteiger partial charge in [-0.1, -0.05) is 37.1 Å². The van der Waals surface area contributed by atoms with Gasteiger partial charge in [0.15, 0.2) is 5.96 Å². The number of nitrogens with one attached hydrogen (secondary N) is 2. The summed E-state index contributed by atoms with van der Waals surface area (Å²) >= 11 is 0. The zero-order valence-corrected chi connectivity index (χ0v) is 21.3. The van der Waals surface area contributed by atoms with Gasteiger partial charge in [-0.05, 0) is 43.7 Å². The molecular formula is C24H36IN5O2. The van der Waals surface area contributed by atoms with E-state index in [1.165, 1.54) is 24.0 Å². The number of benzene rings is 1. The summed E-state index contributed by atoms with van der Waals surface area (Å²) in [5.74, 6) is 1.27. The second-order valence-electron chi connectivity index (χ2n) is 8.92. The molecule has 0 aromatic heterocycles. The van der Waals surface area contributed by atoms with Crippen molar-refractivity contribution >= 4 is 41.8 Å². The lowest BCUT2D eigenvalue weighted by Crippen LogP contribution is -2.46. The lowest BCUT2D eigenvalue weighted by atomic mass is 10.00. The number of amides is 2. The summed E-state index contributed by atoms with van der Waals surface area (Å²) in [6.45, 7) is 5.81. The van der Waals surface area contributed by atoms with Gasteiger partial charge >= 0.3 is 0 Å². The fourth-order valence-corrected chi connectivity index (χ4v) is 4.98. The highest BCUT2D eigenvalue weighted by Gasteiger charge is 2.32. The van der Waals surface area contributed by atoms with Crippen LogP contribution in [-0.2, 0) is 22.6 Å². The molecule has 7 nitrogen and oxygen atoms in total. The Balaban J connectivity index is 0.00000289. The Morgan fingerprint density at radius 3 is 2.56 bits per heavy atom. The quantitative estimate of drug-likeness (QED) is 0.334. The first-order chi connectivity index (χ1) is 15.1. The largest absolute Gasteiger partial charge is 0.357 e. The van der Waals surface area contributed by atoms with Gasteiger partial charge in [0, 0.05) is 44.7 Å². The van der Waals surface area contributed by atoms with Crippen molar-refractivity contribution in [3.05, 3.63) is 35.4 Å². The van der Waals surface area contributed by atoms with Crippen molar-refractivity contribution in [2.45, 2.75) is 58.0 Å². The first kappa shape index (κ1) is 24.8. The van der Waals surface area contributed by atoms with E-state index in [1.807, 2.05) is 22.8 Å². The van der Waals surface area contributed by atoms with Crippen LogP contribution in [0.15, 0.2) is 29.3 Å². The number of likely N-dealkylation sites (tertiary alicyclic amines) is 1. The van der Waals surface area contributed by atoms with Crippen molar-refractivity contribution in [1.82, 2.24) is 20.4 Å². The number of hydrogen-bond donors (Lipinski definition) is 2. The number of halogens is 1. The third-order valence-electron chi connectivity index (χ3n) is 6.75. The molecule has 1 unspecified atom stereocenters. The molecule has 2 amide bonds. The van der Waals surface area contributed by atoms with Crippen molar-refractivity contribution in [2.75, 3.05) is 32.7 Å². The van der Waals surface area contributed by atoms with Gasteiger partial charge in [0.05, 0.1) is 0 Å². The maximum absolute atomic E-state index is 12.8. The first-order valence-electron chi connectivity index (χ1n) is 11.8. The monoisotopic (exact) mass is 553 g/mol. The average molecular weight is 553 g/mol. The van der Waals surface area contributed by atoms with Crippen LogP contribution in [0, 0.1) is 5.92 Å². The molecule has 1 saturated heterocycles. The molecule has 2 fully saturated rings. The van der Waals surface area contributed by atoms with E-state index in [1.54, 1.807) is 0 Å². The molecular weight excluding hydrogens is 517 g/mol. The summed E-state index contributed by atoms with van der Waals surface area (Å²) in [6, 6.07) is 8.51. The number of hydrogen-bond acceptors (Lipinski definition) is 3. The van der Waals surface area contributed by atoms with Gasteiger partial charge in [-0.25, -0.2) is 4.99 Å². The van der Waals surface area contributed by atoms with Crippen LogP contribution in [0.4, 0.5) is 0 Å². The van der Waals surface area contributed by atoms with Gasteiger partial charge in [0.25, 0.3) is 0 Å². The number of carbonyl (C=O) groups is 2. The summed E-state index contributed by atoms with van der Waals surface area (Å²) in [4.78, 5) is 33.9. The second-order valence-corrected chi connectivity index (χ2v) is 8.92. The topological polar surface area (TPSA) is 77.0 Å². The number of guanidine groups is 1. The van der Waals surface area contributed by atoms with E-state index >= 15 is 0 Å². The molecule has 4 rings (SSSR count). The van der Waals surface area contributed by atoms with Crippen LogP contribution in [0.1, 0.15) is 50.2 Å². The molecule has 1 atom stereocenters. The fraction of sp³-hybridized carbons (Fsp3) is 0.625. The van der Waals surface area contributed by atoms with Crippen LogP contribution >= 0.6 is 24.0 Å². The number of nitrogens with zero attached hydrogens (tertiary/aromatic N) is 3. The molecule has 1 aliphatic carbocycles. The molecule has 1 saturated carbocycles. The second kappa shape index (κ2) is 11.9. The highest BCUT2D eigenvalue weighted by Crippen LogP contribution is 2.27. The fourth-order valence-electron chi connectivity index (χ4n) is 4.98. The highest BCUT2D eigenvalue weighted by molar-refractivity contribution is 14.0. The number of carbonyl (C=O) groups excluding carboxylic acids is 2. The predicted molar refractivity (Wildman–Crippen MR) is 137 cm³/mol. The zero-order chi connectivity index (χ0) is 21.6. The minimum absolute atomic E-state index is 0. The van der Waals surface area contributed by atoms with Crippen LogP contribution in [0.25, 0.3) is 0 Å². The molecule has 1 aromatic carbocycles. The molecule has 8 heteroatoms. The third-order valence-corrected chi connectivity index (χ3v) is 6.75. The average Bonchev–Trinajstić information content (AvgIpc) is 3.49. The van der Waals surface area contributed by atoms with Gasteiger partial charge < -0.3 is 20.4 Å². The van der Waals surface area contributed by atoms with E-state index in [2.05, 4.69) is 33.8 Å². The summed E-state index contributed by atoms with van der Waals surface area (Å²) in [5.41, 5.74) is 2.57. The molecule has 0 bridgehead atoms. The first-order valence-corrected chi connectivity index (χ1v) is 11.8. The van der Waals surface area contributed by atoms with E-state index in [9.17, 15) is 9.59 Å². The van der Waals surface area contributed by atoms with E-state index in [0.717, 1.165) is 51.9 Å². The van der Waals surface area contributed by atoms with Gasteiger partial charge in [-0.2, -0.15) is 0 Å². The minimum Gasteiger partial charge on any atom is -0.357 e. The number of aliphatic imine (C=N–C) groups is 1. The molecule has 32 heavy (non-hydrogen) atoms. The Hall–Kier alpha value is -1.84. The van der Waals surface area contributed by atoms with Gasteiger partial charge in [0.2, 0.25) is 11.8 Å². The van der Waals surface area contributed by atoms with Crippen LogP contribution in [-0.4, -0.2) is 66.3 Å². The van der Waals surface area contributed by atoms with Gasteiger partial charge in [0.1, 0.15) is 6.54 Å². The van der Waals surface area contributed by atoms with Crippen LogP contribution in [0.3, 0.4) is 0 Å². The summed E-state index contributed by atoms with van der Waals surface area (Å²) in [6.07, 6.45) is 6.26. The van der Waals surface area contributed by atoms with Crippen molar-refractivity contribution < 1.29 is 9.59 Å². The van der Waals surface area contributed by atoms with Gasteiger partial charge in [-0.3, -0.25) is 9.59 Å². The van der Waals surface area contributed by atoms with Crippen molar-refractivity contribution in [1.29, 1.82) is 0 Å². The Bertz CT molecular complexity index is 824. The molecule has 3 aliphatic rings. The zero-order valence-electron chi connectivity index (χ0n) is 19.0. The predicted octanol–water partition coefficient (Wildman–Crippen LogP) is 2.54. The highest BCUT2D eigenvalue weighted by atomic mass is 127. The normalized spacial score (nSPS) is 21.2. The number of rotatable bonds is 5. The lowest BCUT2D eigenvalue weighted by Gasteiger charge is -2.28. The summed E-state index contributed by atoms with van der Waals surface area (Å²) in [7, 11) is 0.